The highest BCUT2D eigenvalue weighted by Crippen LogP contribution is 2.30. The van der Waals surface area contributed by atoms with Crippen LogP contribution in [0.2, 0.25) is 0 Å². The van der Waals surface area contributed by atoms with Crippen molar-refractivity contribution in [2.24, 2.45) is 0 Å². The summed E-state index contributed by atoms with van der Waals surface area (Å²) in [5, 5.41) is 0. The molecule has 0 saturated carbocycles. The first-order valence-corrected chi connectivity index (χ1v) is 7.24. The predicted molar refractivity (Wildman–Crippen MR) is 76.5 cm³/mol. The lowest BCUT2D eigenvalue weighted by atomic mass is 10.1. The van der Waals surface area contributed by atoms with Gasteiger partial charge >= 0.3 is 0 Å². The third-order valence-corrected chi connectivity index (χ3v) is 4.06. The van der Waals surface area contributed by atoms with E-state index in [4.69, 9.17) is 9.47 Å². The molecule has 0 N–H and O–H groups in total. The Bertz CT molecular complexity index is 389. The van der Waals surface area contributed by atoms with E-state index in [0.717, 1.165) is 48.4 Å². The van der Waals surface area contributed by atoms with Gasteiger partial charge in [-0.1, -0.05) is 6.92 Å². The predicted octanol–water partition coefficient (Wildman–Crippen LogP) is 3.32. The van der Waals surface area contributed by atoms with Crippen molar-refractivity contribution in [1.82, 2.24) is 4.90 Å². The van der Waals surface area contributed by atoms with Crippen molar-refractivity contribution < 1.29 is 9.47 Å². The Morgan fingerprint density at radius 3 is 2.67 bits per heavy atom. The number of hydrogen-bond donors (Lipinski definition) is 0. The maximum atomic E-state index is 6.02. The van der Waals surface area contributed by atoms with Crippen LogP contribution in [-0.2, 0) is 0 Å². The number of ether oxygens (including phenoxy) is 2. The molecule has 1 fully saturated rings. The zero-order valence-corrected chi connectivity index (χ0v) is 12.6. The highest BCUT2D eigenvalue weighted by Gasteiger charge is 2.19. The minimum absolute atomic E-state index is 0.332. The van der Waals surface area contributed by atoms with Crippen LogP contribution >= 0.6 is 15.9 Å². The quantitative estimate of drug-likeness (QED) is 0.851. The van der Waals surface area contributed by atoms with Crippen LogP contribution in [0.1, 0.15) is 19.8 Å². The molecule has 4 heteroatoms. The first kappa shape index (κ1) is 13.7. The second-order valence-electron chi connectivity index (χ2n) is 4.55. The van der Waals surface area contributed by atoms with E-state index < -0.39 is 0 Å². The molecule has 1 aliphatic rings. The number of halogens is 1. The SMILES string of the molecule is CCN1CCC(Oc2ccc(Br)c(OC)c2)CC1. The zero-order valence-electron chi connectivity index (χ0n) is 11.0. The molecule has 0 amide bonds. The topological polar surface area (TPSA) is 21.7 Å². The Kier molecular flexibility index (Phi) is 4.89. The van der Waals surface area contributed by atoms with E-state index in [1.807, 2.05) is 18.2 Å². The molecule has 0 unspecified atom stereocenters. The molecule has 18 heavy (non-hydrogen) atoms. The van der Waals surface area contributed by atoms with Gasteiger partial charge in [0.15, 0.2) is 0 Å². The molecule has 0 bridgehead atoms. The van der Waals surface area contributed by atoms with Gasteiger partial charge in [-0.05, 0) is 47.4 Å². The molecule has 3 nitrogen and oxygen atoms in total. The number of likely N-dealkylation sites (tertiary alicyclic amines) is 1. The minimum Gasteiger partial charge on any atom is -0.495 e. The van der Waals surface area contributed by atoms with Crippen molar-refractivity contribution in [2.45, 2.75) is 25.9 Å². The highest BCUT2D eigenvalue weighted by atomic mass is 79.9. The summed E-state index contributed by atoms with van der Waals surface area (Å²) >= 11 is 3.45. The lowest BCUT2D eigenvalue weighted by Gasteiger charge is -2.31. The van der Waals surface area contributed by atoms with Crippen molar-refractivity contribution in [1.29, 1.82) is 0 Å². The number of benzene rings is 1. The van der Waals surface area contributed by atoms with E-state index in [0.29, 0.717) is 6.10 Å². The minimum atomic E-state index is 0.332. The third-order valence-electron chi connectivity index (χ3n) is 3.41. The average molecular weight is 314 g/mol. The van der Waals surface area contributed by atoms with Crippen molar-refractivity contribution in [3.05, 3.63) is 22.7 Å². The van der Waals surface area contributed by atoms with Gasteiger partial charge in [-0.3, -0.25) is 0 Å². The van der Waals surface area contributed by atoms with Gasteiger partial charge in [0.1, 0.15) is 17.6 Å². The number of nitrogens with zero attached hydrogens (tertiary/aromatic N) is 1. The van der Waals surface area contributed by atoms with Gasteiger partial charge in [-0.25, -0.2) is 0 Å². The van der Waals surface area contributed by atoms with Crippen LogP contribution in [0.3, 0.4) is 0 Å². The van der Waals surface area contributed by atoms with Gasteiger partial charge in [0.25, 0.3) is 0 Å². The summed E-state index contributed by atoms with van der Waals surface area (Å²) in [7, 11) is 1.67. The largest absolute Gasteiger partial charge is 0.495 e. The fourth-order valence-electron chi connectivity index (χ4n) is 2.25. The van der Waals surface area contributed by atoms with Crippen LogP contribution in [-0.4, -0.2) is 37.7 Å². The molecule has 0 aromatic heterocycles. The molecule has 2 rings (SSSR count). The van der Waals surface area contributed by atoms with Crippen LogP contribution in [0.5, 0.6) is 11.5 Å². The van der Waals surface area contributed by atoms with Crippen LogP contribution in [0.15, 0.2) is 22.7 Å². The molecule has 0 atom stereocenters. The molecule has 1 aromatic rings. The summed E-state index contributed by atoms with van der Waals surface area (Å²) < 4.78 is 12.2. The van der Waals surface area contributed by atoms with E-state index in [1.54, 1.807) is 7.11 Å². The smallest absolute Gasteiger partial charge is 0.136 e. The molecule has 1 saturated heterocycles. The second kappa shape index (κ2) is 6.43. The Labute approximate surface area is 117 Å². The number of rotatable bonds is 4. The van der Waals surface area contributed by atoms with Gasteiger partial charge in [0, 0.05) is 19.2 Å². The average Bonchev–Trinajstić information content (AvgIpc) is 2.42. The van der Waals surface area contributed by atoms with E-state index in [1.165, 1.54) is 0 Å². The maximum absolute atomic E-state index is 6.02. The fourth-order valence-corrected chi connectivity index (χ4v) is 2.66. The summed E-state index contributed by atoms with van der Waals surface area (Å²) in [4.78, 5) is 2.46. The molecular weight excluding hydrogens is 294 g/mol. The van der Waals surface area contributed by atoms with Crippen LogP contribution in [0.4, 0.5) is 0 Å². The molecule has 0 radical (unpaired) electrons. The normalized spacial score (nSPS) is 17.7. The standard InChI is InChI=1S/C14H20BrNO2/c1-3-16-8-6-11(7-9-16)18-12-4-5-13(15)14(10-12)17-2/h4-5,10-11H,3,6-9H2,1-2H3. The first-order valence-electron chi connectivity index (χ1n) is 6.45. The zero-order chi connectivity index (χ0) is 13.0. The summed E-state index contributed by atoms with van der Waals surface area (Å²) in [5.74, 6) is 1.71. The lowest BCUT2D eigenvalue weighted by Crippen LogP contribution is -2.37. The van der Waals surface area contributed by atoms with Crippen molar-refractivity contribution >= 4 is 15.9 Å². The van der Waals surface area contributed by atoms with Crippen molar-refractivity contribution in [3.8, 4) is 11.5 Å². The maximum Gasteiger partial charge on any atom is 0.136 e. The molecule has 0 aliphatic carbocycles. The van der Waals surface area contributed by atoms with Gasteiger partial charge in [-0.15, -0.1) is 0 Å². The third kappa shape index (κ3) is 3.39. The summed E-state index contributed by atoms with van der Waals surface area (Å²) in [6.07, 6.45) is 2.54. The van der Waals surface area contributed by atoms with Crippen LogP contribution in [0.25, 0.3) is 0 Å². The van der Waals surface area contributed by atoms with E-state index in [9.17, 15) is 0 Å². The molecular formula is C14H20BrNO2. The van der Waals surface area contributed by atoms with Gasteiger partial charge in [-0.2, -0.15) is 0 Å². The fraction of sp³-hybridized carbons (Fsp3) is 0.571. The summed E-state index contributed by atoms with van der Waals surface area (Å²) in [6, 6.07) is 5.89. The molecule has 1 aliphatic heterocycles. The molecule has 0 spiro atoms. The number of piperidine rings is 1. The van der Waals surface area contributed by atoms with E-state index in [-0.39, 0.29) is 0 Å². The van der Waals surface area contributed by atoms with Gasteiger partial charge in [0.05, 0.1) is 11.6 Å². The Hall–Kier alpha value is -0.740. The lowest BCUT2D eigenvalue weighted by molar-refractivity contribution is 0.103. The van der Waals surface area contributed by atoms with E-state index >= 15 is 0 Å². The highest BCUT2D eigenvalue weighted by molar-refractivity contribution is 9.10. The van der Waals surface area contributed by atoms with Gasteiger partial charge < -0.3 is 14.4 Å². The Balaban J connectivity index is 1.94. The monoisotopic (exact) mass is 313 g/mol. The van der Waals surface area contributed by atoms with Crippen molar-refractivity contribution in [3.63, 3.8) is 0 Å². The van der Waals surface area contributed by atoms with Gasteiger partial charge in [0.2, 0.25) is 0 Å². The molecule has 1 heterocycles. The summed E-state index contributed by atoms with van der Waals surface area (Å²) in [6.45, 7) is 5.61. The van der Waals surface area contributed by atoms with E-state index in [2.05, 4.69) is 27.8 Å². The molecule has 1 aromatic carbocycles. The van der Waals surface area contributed by atoms with Crippen molar-refractivity contribution in [2.75, 3.05) is 26.7 Å². The number of hydrogen-bond acceptors (Lipinski definition) is 3. The summed E-state index contributed by atoms with van der Waals surface area (Å²) in [5.41, 5.74) is 0. The Morgan fingerprint density at radius 1 is 1.33 bits per heavy atom. The van der Waals surface area contributed by atoms with Crippen LogP contribution < -0.4 is 9.47 Å². The number of methoxy groups -OCH3 is 1. The first-order chi connectivity index (χ1) is 8.72. The second-order valence-corrected chi connectivity index (χ2v) is 5.40. The van der Waals surface area contributed by atoms with Crippen LogP contribution in [0, 0.1) is 0 Å². The molecule has 100 valence electrons. The Morgan fingerprint density at radius 2 is 2.06 bits per heavy atom.